The molecule has 1 aliphatic heterocycles. The summed E-state index contributed by atoms with van der Waals surface area (Å²) in [5.41, 5.74) is 2.83. The smallest absolute Gasteiger partial charge is 0.239 e. The number of anilines is 3. The standard InChI is InChI=1S/C23H29N5OS/c1-14(2)27-30-17-8-9-19(15(3)12-17)25-22-24-13-18-20(26-22)28(16-6-4-5-7-16)21(29)23(18)10-11-23/h8-9,12-14,16,27H,4-7,10-11H2,1-3H3,(H,24,25,26). The van der Waals surface area contributed by atoms with Crippen molar-refractivity contribution in [2.45, 2.75) is 81.7 Å². The maximum Gasteiger partial charge on any atom is 0.239 e. The molecule has 2 aliphatic carbocycles. The zero-order chi connectivity index (χ0) is 20.9. The summed E-state index contributed by atoms with van der Waals surface area (Å²) in [6, 6.07) is 7.04. The highest BCUT2D eigenvalue weighted by atomic mass is 32.2. The van der Waals surface area contributed by atoms with E-state index < -0.39 is 0 Å². The van der Waals surface area contributed by atoms with E-state index in [2.05, 4.69) is 54.0 Å². The monoisotopic (exact) mass is 423 g/mol. The van der Waals surface area contributed by atoms with E-state index in [1.807, 2.05) is 11.1 Å². The molecule has 2 N–H and O–H groups in total. The molecular weight excluding hydrogens is 394 g/mol. The van der Waals surface area contributed by atoms with Crippen molar-refractivity contribution in [3.8, 4) is 0 Å². The quantitative estimate of drug-likeness (QED) is 0.647. The first-order valence-electron chi connectivity index (χ1n) is 11.0. The fourth-order valence-corrected chi connectivity index (χ4v) is 5.40. The number of carbonyl (C=O) groups is 1. The molecule has 30 heavy (non-hydrogen) atoms. The summed E-state index contributed by atoms with van der Waals surface area (Å²) < 4.78 is 3.37. The molecule has 1 aromatic carbocycles. The second kappa shape index (κ2) is 7.54. The number of hydrogen-bond donors (Lipinski definition) is 2. The fourth-order valence-electron chi connectivity index (χ4n) is 4.65. The van der Waals surface area contributed by atoms with Crippen LogP contribution in [0.5, 0.6) is 0 Å². The highest BCUT2D eigenvalue weighted by Gasteiger charge is 2.61. The van der Waals surface area contributed by atoms with E-state index in [0.29, 0.717) is 18.0 Å². The molecule has 2 fully saturated rings. The molecule has 0 saturated heterocycles. The summed E-state index contributed by atoms with van der Waals surface area (Å²) in [5.74, 6) is 1.66. The Bertz CT molecular complexity index is 982. The molecule has 1 aromatic heterocycles. The van der Waals surface area contributed by atoms with E-state index >= 15 is 0 Å². The van der Waals surface area contributed by atoms with Gasteiger partial charge in [-0.05, 0) is 82.2 Å². The Morgan fingerprint density at radius 3 is 2.67 bits per heavy atom. The molecule has 0 radical (unpaired) electrons. The van der Waals surface area contributed by atoms with Crippen LogP contribution in [0.3, 0.4) is 0 Å². The van der Waals surface area contributed by atoms with Crippen LogP contribution < -0.4 is 14.9 Å². The number of nitrogens with one attached hydrogen (secondary N) is 2. The van der Waals surface area contributed by atoms with Crippen molar-refractivity contribution < 1.29 is 4.79 Å². The molecule has 7 heteroatoms. The average Bonchev–Trinajstić information content (AvgIpc) is 3.28. The van der Waals surface area contributed by atoms with Crippen molar-refractivity contribution in [2.75, 3.05) is 10.2 Å². The van der Waals surface area contributed by atoms with E-state index in [0.717, 1.165) is 48.3 Å². The Kier molecular flexibility index (Phi) is 4.98. The van der Waals surface area contributed by atoms with Crippen LogP contribution in [0.2, 0.25) is 0 Å². The SMILES string of the molecule is Cc1cc(SNC(C)C)ccc1Nc1ncc2c(n1)N(C1CCCC1)C(=O)C21CC1. The lowest BCUT2D eigenvalue weighted by Gasteiger charge is -2.24. The Balaban J connectivity index is 1.40. The van der Waals surface area contributed by atoms with Gasteiger partial charge in [-0.15, -0.1) is 0 Å². The van der Waals surface area contributed by atoms with Crippen LogP contribution in [0.1, 0.15) is 63.5 Å². The third-order valence-corrected chi connectivity index (χ3v) is 7.52. The minimum atomic E-state index is -0.325. The number of benzene rings is 1. The number of aromatic nitrogens is 2. The lowest BCUT2D eigenvalue weighted by Crippen LogP contribution is -2.39. The molecule has 0 bridgehead atoms. The molecule has 5 rings (SSSR count). The lowest BCUT2D eigenvalue weighted by molar-refractivity contribution is -0.120. The van der Waals surface area contributed by atoms with Gasteiger partial charge >= 0.3 is 0 Å². The van der Waals surface area contributed by atoms with Crippen molar-refractivity contribution in [3.63, 3.8) is 0 Å². The van der Waals surface area contributed by atoms with Crippen molar-refractivity contribution in [1.82, 2.24) is 14.7 Å². The Morgan fingerprint density at radius 2 is 2.00 bits per heavy atom. The van der Waals surface area contributed by atoms with E-state index in [-0.39, 0.29) is 11.3 Å². The van der Waals surface area contributed by atoms with Crippen LogP contribution in [0.15, 0.2) is 29.3 Å². The van der Waals surface area contributed by atoms with Gasteiger partial charge < -0.3 is 5.32 Å². The number of hydrogen-bond acceptors (Lipinski definition) is 6. The Hall–Kier alpha value is -2.12. The normalized spacial score (nSPS) is 19.7. The molecule has 2 saturated carbocycles. The van der Waals surface area contributed by atoms with Gasteiger partial charge in [0.2, 0.25) is 11.9 Å². The first-order valence-corrected chi connectivity index (χ1v) is 11.8. The van der Waals surface area contributed by atoms with Crippen LogP contribution in [0.4, 0.5) is 17.5 Å². The minimum Gasteiger partial charge on any atom is -0.324 e. The summed E-state index contributed by atoms with van der Waals surface area (Å²) in [6.07, 6.45) is 8.30. The number of rotatable bonds is 6. The summed E-state index contributed by atoms with van der Waals surface area (Å²) in [4.78, 5) is 25.8. The van der Waals surface area contributed by atoms with Crippen molar-refractivity contribution in [1.29, 1.82) is 0 Å². The molecule has 3 aliphatic rings. The van der Waals surface area contributed by atoms with E-state index in [1.54, 1.807) is 11.9 Å². The summed E-state index contributed by atoms with van der Waals surface area (Å²) in [5, 5.41) is 3.38. The maximum atomic E-state index is 13.2. The van der Waals surface area contributed by atoms with Crippen LogP contribution in [0, 0.1) is 6.92 Å². The van der Waals surface area contributed by atoms with Crippen LogP contribution in [-0.4, -0.2) is 28.0 Å². The third-order valence-electron chi connectivity index (χ3n) is 6.44. The largest absolute Gasteiger partial charge is 0.324 e. The average molecular weight is 424 g/mol. The predicted octanol–water partition coefficient (Wildman–Crippen LogP) is 4.85. The van der Waals surface area contributed by atoms with Gasteiger partial charge in [-0.3, -0.25) is 14.4 Å². The number of aryl methyl sites for hydroxylation is 1. The second-order valence-electron chi connectivity index (χ2n) is 9.10. The summed E-state index contributed by atoms with van der Waals surface area (Å²) >= 11 is 1.64. The number of amides is 1. The molecule has 2 aromatic rings. The molecule has 2 heterocycles. The van der Waals surface area contributed by atoms with Gasteiger partial charge in [0.1, 0.15) is 5.82 Å². The minimum absolute atomic E-state index is 0.256. The molecule has 6 nitrogen and oxygen atoms in total. The van der Waals surface area contributed by atoms with Gasteiger partial charge in [0.25, 0.3) is 0 Å². The van der Waals surface area contributed by atoms with Gasteiger partial charge in [0.05, 0.1) is 5.41 Å². The first kappa shape index (κ1) is 19.8. The van der Waals surface area contributed by atoms with Gasteiger partial charge in [-0.1, -0.05) is 12.8 Å². The topological polar surface area (TPSA) is 70.2 Å². The van der Waals surface area contributed by atoms with Crippen LogP contribution >= 0.6 is 11.9 Å². The number of nitrogens with zero attached hydrogens (tertiary/aromatic N) is 3. The van der Waals surface area contributed by atoms with E-state index in [4.69, 9.17) is 4.98 Å². The molecule has 0 unspecified atom stereocenters. The second-order valence-corrected chi connectivity index (χ2v) is 10.0. The lowest BCUT2D eigenvalue weighted by atomic mass is 10.0. The zero-order valence-corrected chi connectivity index (χ0v) is 18.7. The van der Waals surface area contributed by atoms with Crippen molar-refractivity contribution in [3.05, 3.63) is 35.5 Å². The number of carbonyl (C=O) groups excluding carboxylic acids is 1. The highest BCUT2D eigenvalue weighted by Crippen LogP contribution is 2.57. The van der Waals surface area contributed by atoms with Crippen molar-refractivity contribution >= 4 is 35.3 Å². The Morgan fingerprint density at radius 1 is 1.23 bits per heavy atom. The zero-order valence-electron chi connectivity index (χ0n) is 17.9. The van der Waals surface area contributed by atoms with Gasteiger partial charge in [-0.2, -0.15) is 4.98 Å². The van der Waals surface area contributed by atoms with Gasteiger partial charge in [-0.25, -0.2) is 4.98 Å². The molecule has 0 atom stereocenters. The summed E-state index contributed by atoms with van der Waals surface area (Å²) in [6.45, 7) is 6.35. The maximum absolute atomic E-state index is 13.2. The van der Waals surface area contributed by atoms with Crippen LogP contribution in [0.25, 0.3) is 0 Å². The predicted molar refractivity (Wildman–Crippen MR) is 121 cm³/mol. The Labute approximate surface area is 182 Å². The molecule has 158 valence electrons. The van der Waals surface area contributed by atoms with Gasteiger partial charge in [0.15, 0.2) is 0 Å². The van der Waals surface area contributed by atoms with E-state index in [9.17, 15) is 4.79 Å². The molecule has 1 amide bonds. The third kappa shape index (κ3) is 3.38. The first-order chi connectivity index (χ1) is 14.5. The van der Waals surface area contributed by atoms with Crippen LogP contribution in [-0.2, 0) is 10.2 Å². The summed E-state index contributed by atoms with van der Waals surface area (Å²) in [7, 11) is 0. The molecular formula is C23H29N5OS. The fraction of sp³-hybridized carbons (Fsp3) is 0.522. The van der Waals surface area contributed by atoms with E-state index in [1.165, 1.54) is 17.7 Å². The van der Waals surface area contributed by atoms with Gasteiger partial charge in [0, 0.05) is 34.4 Å². The molecule has 1 spiro atoms. The van der Waals surface area contributed by atoms with Crippen molar-refractivity contribution in [2.24, 2.45) is 0 Å². The number of fused-ring (bicyclic) bond motifs is 2. The highest BCUT2D eigenvalue weighted by molar-refractivity contribution is 7.97.